The molecule has 0 radical (unpaired) electrons. The van der Waals surface area contributed by atoms with Gasteiger partial charge in [-0.25, -0.2) is 0 Å². The first-order valence-corrected chi connectivity index (χ1v) is 25.9. The molecule has 0 saturated heterocycles. The van der Waals surface area contributed by atoms with Gasteiger partial charge in [-0.15, -0.1) is 0 Å². The molecule has 71 heavy (non-hydrogen) atoms. The van der Waals surface area contributed by atoms with E-state index in [4.69, 9.17) is 4.74 Å². The molecule has 2 nitrogen and oxygen atoms in total. The van der Waals surface area contributed by atoms with Crippen LogP contribution >= 0.6 is 0 Å². The van der Waals surface area contributed by atoms with Crippen LogP contribution in [-0.2, 0) is 27.1 Å². The maximum atomic E-state index is 7.33. The second kappa shape index (κ2) is 17.0. The first-order chi connectivity index (χ1) is 33.3. The molecule has 0 bridgehead atoms. The van der Waals surface area contributed by atoms with Crippen molar-refractivity contribution in [2.75, 3.05) is 4.90 Å². The molecule has 0 spiro atoms. The van der Waals surface area contributed by atoms with Crippen molar-refractivity contribution in [1.29, 1.82) is 0 Å². The highest BCUT2D eigenvalue weighted by atomic mass is 16.5. The lowest BCUT2D eigenvalue weighted by Gasteiger charge is -2.42. The molecule has 0 amide bonds. The molecule has 0 saturated carbocycles. The number of para-hydroxylation sites is 1. The molecule has 2 aliphatic rings. The SMILES string of the molecule is CC(C)(C)c1cc(-c2ccc3c(c2)B2c4cc(-c5cc(C(C)(C)C)cc(C(C)(C)C)c5)ccc4N(c4c(-c5ccccc5)cccc4-c4ccccc4)c4cc(C(C)(C)C)cc(c42)O3)cc(C(C)(C)C)c1. The molecule has 0 atom stereocenters. The minimum absolute atomic E-state index is 0.0140. The largest absolute Gasteiger partial charge is 0.458 e. The number of hydrogen-bond donors (Lipinski definition) is 0. The number of hydrogen-bond acceptors (Lipinski definition) is 2. The Kier molecular flexibility index (Phi) is 11.5. The first kappa shape index (κ1) is 48.1. The molecule has 3 heteroatoms. The highest BCUT2D eigenvalue weighted by Crippen LogP contribution is 2.50. The van der Waals surface area contributed by atoms with Gasteiger partial charge < -0.3 is 9.64 Å². The molecule has 0 aromatic heterocycles. The fourth-order valence-corrected chi connectivity index (χ4v) is 10.6. The fraction of sp³-hybridized carbons (Fsp3) is 0.294. The zero-order chi connectivity index (χ0) is 50.6. The molecule has 2 aliphatic heterocycles. The molecule has 2 heterocycles. The summed E-state index contributed by atoms with van der Waals surface area (Å²) in [5, 5.41) is 0. The van der Waals surface area contributed by atoms with Crippen LogP contribution in [0.1, 0.15) is 132 Å². The van der Waals surface area contributed by atoms with Crippen LogP contribution in [0.25, 0.3) is 44.5 Å². The van der Waals surface area contributed by atoms with Gasteiger partial charge in [-0.3, -0.25) is 0 Å². The highest BCUT2D eigenvalue weighted by Gasteiger charge is 2.44. The predicted octanol–water partition coefficient (Wildman–Crippen LogP) is 17.2. The molecule has 0 unspecified atom stereocenters. The topological polar surface area (TPSA) is 12.5 Å². The smallest absolute Gasteiger partial charge is 0.256 e. The van der Waals surface area contributed by atoms with Crippen LogP contribution in [0.3, 0.4) is 0 Å². The summed E-state index contributed by atoms with van der Waals surface area (Å²) in [5.74, 6) is 1.84. The van der Waals surface area contributed by atoms with Crippen LogP contribution in [0.15, 0.2) is 164 Å². The maximum absolute atomic E-state index is 7.33. The van der Waals surface area contributed by atoms with Crippen molar-refractivity contribution in [2.45, 2.75) is 131 Å². The Morgan fingerprint density at radius 3 is 1.20 bits per heavy atom. The van der Waals surface area contributed by atoms with Crippen LogP contribution in [0.4, 0.5) is 17.1 Å². The van der Waals surface area contributed by atoms with Crippen LogP contribution in [0.2, 0.25) is 0 Å². The average Bonchev–Trinajstić information content (AvgIpc) is 3.32. The third-order valence-corrected chi connectivity index (χ3v) is 15.1. The standard InChI is InChI=1S/C68H72BNO/c1-64(2,3)49-33-47(34-50(39-49)65(4,5)6)45-29-31-58-56(37-45)69-57-38-46(48-35-51(66(7,8)9)40-52(36-48)67(10,11)12)30-32-60(57)71-61-42-53(68(13,14)15)41-59(62(61)69)70(58)63-54(43-23-18-16-19-24-43)27-22-28-55(63)44-25-20-17-21-26-44/h16-42H,1-15H3. The summed E-state index contributed by atoms with van der Waals surface area (Å²) in [6.07, 6.45) is 0. The van der Waals surface area contributed by atoms with E-state index in [0.717, 1.165) is 22.9 Å². The van der Waals surface area contributed by atoms with Gasteiger partial charge in [0.25, 0.3) is 6.71 Å². The minimum atomic E-state index is -0.156. The third-order valence-electron chi connectivity index (χ3n) is 15.1. The summed E-state index contributed by atoms with van der Waals surface area (Å²) in [6.45, 7) is 34.8. The van der Waals surface area contributed by atoms with Gasteiger partial charge in [0, 0.05) is 22.5 Å². The van der Waals surface area contributed by atoms with Crippen molar-refractivity contribution < 1.29 is 4.74 Å². The normalized spacial score (nSPS) is 13.6. The molecule has 0 N–H and O–H groups in total. The number of benzene rings is 8. The molecule has 0 aliphatic carbocycles. The number of nitrogens with zero attached hydrogens (tertiary/aromatic N) is 1. The van der Waals surface area contributed by atoms with Gasteiger partial charge in [-0.2, -0.15) is 0 Å². The summed E-state index contributed by atoms with van der Waals surface area (Å²) in [7, 11) is 0. The molecule has 8 aromatic rings. The Labute approximate surface area is 426 Å². The van der Waals surface area contributed by atoms with E-state index in [-0.39, 0.29) is 33.8 Å². The monoisotopic (exact) mass is 930 g/mol. The second-order valence-corrected chi connectivity index (χ2v) is 25.6. The Morgan fingerprint density at radius 2 is 0.746 bits per heavy atom. The van der Waals surface area contributed by atoms with Crippen molar-refractivity contribution in [3.63, 3.8) is 0 Å². The van der Waals surface area contributed by atoms with Gasteiger partial charge in [0.2, 0.25) is 0 Å². The van der Waals surface area contributed by atoms with E-state index >= 15 is 0 Å². The van der Waals surface area contributed by atoms with Gasteiger partial charge in [0.15, 0.2) is 0 Å². The summed E-state index contributed by atoms with van der Waals surface area (Å²) in [5.41, 5.74) is 23.1. The van der Waals surface area contributed by atoms with Crippen molar-refractivity contribution in [3.8, 4) is 56.0 Å². The second-order valence-electron chi connectivity index (χ2n) is 25.6. The van der Waals surface area contributed by atoms with E-state index in [1.807, 2.05) is 0 Å². The predicted molar refractivity (Wildman–Crippen MR) is 308 cm³/mol. The fourth-order valence-electron chi connectivity index (χ4n) is 10.6. The first-order valence-electron chi connectivity index (χ1n) is 25.9. The van der Waals surface area contributed by atoms with E-state index in [1.54, 1.807) is 0 Å². The van der Waals surface area contributed by atoms with Crippen molar-refractivity contribution in [3.05, 3.63) is 192 Å². The van der Waals surface area contributed by atoms with Crippen molar-refractivity contribution >= 4 is 40.2 Å². The Bertz CT molecular complexity index is 3220. The summed E-state index contributed by atoms with van der Waals surface area (Å²) < 4.78 is 7.33. The summed E-state index contributed by atoms with van der Waals surface area (Å²) in [4.78, 5) is 2.60. The molecule has 10 rings (SSSR count). The number of ether oxygens (including phenoxy) is 1. The van der Waals surface area contributed by atoms with E-state index in [1.165, 1.54) is 94.4 Å². The highest BCUT2D eigenvalue weighted by molar-refractivity contribution is 6.99. The zero-order valence-electron chi connectivity index (χ0n) is 45.0. The molecular formula is C68H72BNO. The number of rotatable bonds is 5. The van der Waals surface area contributed by atoms with Crippen LogP contribution in [-0.4, -0.2) is 6.71 Å². The lowest BCUT2D eigenvalue weighted by atomic mass is 9.34. The quantitative estimate of drug-likeness (QED) is 0.160. The lowest BCUT2D eigenvalue weighted by molar-refractivity contribution is 0.483. The third kappa shape index (κ3) is 8.96. The van der Waals surface area contributed by atoms with Crippen LogP contribution in [0.5, 0.6) is 11.5 Å². The van der Waals surface area contributed by atoms with Crippen molar-refractivity contribution in [2.24, 2.45) is 0 Å². The van der Waals surface area contributed by atoms with Gasteiger partial charge in [0.05, 0.1) is 5.69 Å². The average molecular weight is 930 g/mol. The van der Waals surface area contributed by atoms with Gasteiger partial charge in [-0.05, 0) is 129 Å². The summed E-state index contributed by atoms with van der Waals surface area (Å²) >= 11 is 0. The molecular weight excluding hydrogens is 858 g/mol. The van der Waals surface area contributed by atoms with Crippen LogP contribution < -0.4 is 26.0 Å². The van der Waals surface area contributed by atoms with Gasteiger partial charge in [0.1, 0.15) is 11.5 Å². The van der Waals surface area contributed by atoms with Crippen molar-refractivity contribution in [1.82, 2.24) is 0 Å². The van der Waals surface area contributed by atoms with E-state index in [0.29, 0.717) is 0 Å². The zero-order valence-corrected chi connectivity index (χ0v) is 45.0. The molecule has 358 valence electrons. The number of anilines is 3. The lowest BCUT2D eigenvalue weighted by Crippen LogP contribution is -2.59. The van der Waals surface area contributed by atoms with Gasteiger partial charge in [-0.1, -0.05) is 243 Å². The minimum Gasteiger partial charge on any atom is -0.458 e. The Hall–Kier alpha value is -6.58. The molecule has 0 fully saturated rings. The van der Waals surface area contributed by atoms with Crippen LogP contribution in [0, 0.1) is 0 Å². The van der Waals surface area contributed by atoms with E-state index in [9.17, 15) is 0 Å². The maximum Gasteiger partial charge on any atom is 0.256 e. The summed E-state index contributed by atoms with van der Waals surface area (Å²) in [6, 6.07) is 62.4. The molecule has 8 aromatic carbocycles. The van der Waals surface area contributed by atoms with E-state index in [2.05, 4.69) is 273 Å². The Morgan fingerprint density at radius 1 is 0.324 bits per heavy atom. The van der Waals surface area contributed by atoms with Gasteiger partial charge >= 0.3 is 0 Å². The number of fused-ring (bicyclic) bond motifs is 4. The van der Waals surface area contributed by atoms with E-state index < -0.39 is 0 Å². The Balaban J connectivity index is 1.32.